The van der Waals surface area contributed by atoms with E-state index in [0.29, 0.717) is 0 Å². The van der Waals surface area contributed by atoms with Crippen LogP contribution < -0.4 is 0 Å². The van der Waals surface area contributed by atoms with Crippen LogP contribution in [0.15, 0.2) is 18.3 Å². The quantitative estimate of drug-likeness (QED) is 0.807. The van der Waals surface area contributed by atoms with Gasteiger partial charge in [0.2, 0.25) is 0 Å². The summed E-state index contributed by atoms with van der Waals surface area (Å²) in [5.41, 5.74) is 1.81. The Labute approximate surface area is 119 Å². The number of hydrogen-bond donors (Lipinski definition) is 0. The summed E-state index contributed by atoms with van der Waals surface area (Å²) < 4.78 is 2.13. The minimum atomic E-state index is -0.132. The van der Waals surface area contributed by atoms with Gasteiger partial charge in [0.25, 0.3) is 0 Å². The number of imidazole rings is 1. The van der Waals surface area contributed by atoms with E-state index in [4.69, 9.17) is 11.6 Å². The highest BCUT2D eigenvalue weighted by Crippen LogP contribution is 2.26. The molecule has 0 amide bonds. The third kappa shape index (κ3) is 2.74. The molecule has 2 aromatic rings. The second-order valence-corrected chi connectivity index (χ2v) is 6.38. The van der Waals surface area contributed by atoms with Gasteiger partial charge in [0, 0.05) is 18.3 Å². The van der Waals surface area contributed by atoms with Gasteiger partial charge in [-0.3, -0.25) is 0 Å². The lowest BCUT2D eigenvalue weighted by molar-refractivity contribution is 0.169. The van der Waals surface area contributed by atoms with Gasteiger partial charge in [0.1, 0.15) is 11.3 Å². The van der Waals surface area contributed by atoms with E-state index in [9.17, 15) is 0 Å². The molecule has 0 aliphatic heterocycles. The molecular formula is C14H21ClN4. The standard InChI is InChI=1S/C14H21ClN4/c1-10(15)12-17-11-7-6-8-16-13(11)19(12)9-14(2,3)18(4)5/h6-8,10H,9H2,1-5H3. The topological polar surface area (TPSA) is 34.0 Å². The molecule has 5 heteroatoms. The predicted octanol–water partition coefficient (Wildman–Crippen LogP) is 3.07. The van der Waals surface area contributed by atoms with Gasteiger partial charge >= 0.3 is 0 Å². The van der Waals surface area contributed by atoms with Crippen LogP contribution in [0, 0.1) is 0 Å². The smallest absolute Gasteiger partial charge is 0.160 e. The Morgan fingerprint density at radius 1 is 1.42 bits per heavy atom. The molecule has 0 aliphatic carbocycles. The van der Waals surface area contributed by atoms with Crippen molar-refractivity contribution in [3.8, 4) is 0 Å². The van der Waals surface area contributed by atoms with Crippen molar-refractivity contribution >= 4 is 22.8 Å². The molecule has 0 spiro atoms. The maximum atomic E-state index is 6.26. The first-order valence-corrected chi connectivity index (χ1v) is 6.89. The normalized spacial score (nSPS) is 14.3. The van der Waals surface area contributed by atoms with Crippen LogP contribution >= 0.6 is 11.6 Å². The van der Waals surface area contributed by atoms with Crippen LogP contribution in [0.4, 0.5) is 0 Å². The van der Waals surface area contributed by atoms with Crippen molar-refractivity contribution in [2.24, 2.45) is 0 Å². The highest BCUT2D eigenvalue weighted by molar-refractivity contribution is 6.20. The zero-order valence-corrected chi connectivity index (χ0v) is 12.9. The summed E-state index contributed by atoms with van der Waals surface area (Å²) in [5, 5.41) is -0.132. The fourth-order valence-electron chi connectivity index (χ4n) is 1.96. The van der Waals surface area contributed by atoms with Crippen LogP contribution in [0.25, 0.3) is 11.2 Å². The highest BCUT2D eigenvalue weighted by atomic mass is 35.5. The van der Waals surface area contributed by atoms with E-state index in [2.05, 4.69) is 47.4 Å². The molecule has 0 radical (unpaired) electrons. The molecule has 1 atom stereocenters. The number of nitrogens with zero attached hydrogens (tertiary/aromatic N) is 4. The third-order valence-electron chi connectivity index (χ3n) is 3.64. The number of halogens is 1. The summed E-state index contributed by atoms with van der Waals surface area (Å²) in [4.78, 5) is 11.3. The van der Waals surface area contributed by atoms with Gasteiger partial charge in [-0.25, -0.2) is 9.97 Å². The molecule has 0 N–H and O–H groups in total. The molecule has 0 aliphatic rings. The second-order valence-electron chi connectivity index (χ2n) is 5.73. The molecule has 2 aromatic heterocycles. The Balaban J connectivity index is 2.54. The van der Waals surface area contributed by atoms with Crippen LogP contribution in [-0.2, 0) is 6.54 Å². The van der Waals surface area contributed by atoms with E-state index in [1.54, 1.807) is 6.20 Å². The average Bonchev–Trinajstić information content (AvgIpc) is 2.68. The first-order chi connectivity index (χ1) is 8.83. The van der Waals surface area contributed by atoms with Crippen molar-refractivity contribution in [3.63, 3.8) is 0 Å². The van der Waals surface area contributed by atoms with Crippen molar-refractivity contribution in [3.05, 3.63) is 24.2 Å². The first-order valence-electron chi connectivity index (χ1n) is 6.45. The van der Waals surface area contributed by atoms with E-state index < -0.39 is 0 Å². The van der Waals surface area contributed by atoms with E-state index in [1.807, 2.05) is 19.1 Å². The van der Waals surface area contributed by atoms with Gasteiger partial charge in [-0.05, 0) is 47.0 Å². The summed E-state index contributed by atoms with van der Waals surface area (Å²) in [6.45, 7) is 7.15. The summed E-state index contributed by atoms with van der Waals surface area (Å²) in [7, 11) is 4.16. The summed E-state index contributed by atoms with van der Waals surface area (Å²) >= 11 is 6.26. The lowest BCUT2D eigenvalue weighted by Crippen LogP contribution is -2.42. The van der Waals surface area contributed by atoms with Gasteiger partial charge in [0.15, 0.2) is 5.65 Å². The molecule has 0 aromatic carbocycles. The molecule has 0 saturated heterocycles. The van der Waals surface area contributed by atoms with E-state index >= 15 is 0 Å². The fraction of sp³-hybridized carbons (Fsp3) is 0.571. The molecule has 19 heavy (non-hydrogen) atoms. The highest BCUT2D eigenvalue weighted by Gasteiger charge is 2.25. The molecule has 1 unspecified atom stereocenters. The largest absolute Gasteiger partial charge is 0.310 e. The van der Waals surface area contributed by atoms with Crippen LogP contribution in [0.1, 0.15) is 32.0 Å². The molecule has 0 saturated carbocycles. The number of aromatic nitrogens is 3. The first kappa shape index (κ1) is 14.3. The van der Waals surface area contributed by atoms with Crippen molar-refractivity contribution in [1.29, 1.82) is 0 Å². The van der Waals surface area contributed by atoms with E-state index in [-0.39, 0.29) is 10.9 Å². The van der Waals surface area contributed by atoms with Crippen LogP contribution in [0.5, 0.6) is 0 Å². The van der Waals surface area contributed by atoms with Gasteiger partial charge in [-0.2, -0.15) is 0 Å². The minimum Gasteiger partial charge on any atom is -0.310 e. The molecule has 0 bridgehead atoms. The Bertz CT molecular complexity index is 572. The van der Waals surface area contributed by atoms with Crippen molar-refractivity contribution in [1.82, 2.24) is 19.4 Å². The van der Waals surface area contributed by atoms with Gasteiger partial charge < -0.3 is 9.47 Å². The number of rotatable bonds is 4. The van der Waals surface area contributed by atoms with Crippen molar-refractivity contribution in [2.75, 3.05) is 14.1 Å². The molecule has 2 rings (SSSR count). The van der Waals surface area contributed by atoms with E-state index in [0.717, 1.165) is 23.5 Å². The lowest BCUT2D eigenvalue weighted by atomic mass is 10.0. The maximum absolute atomic E-state index is 6.26. The zero-order chi connectivity index (χ0) is 14.2. The minimum absolute atomic E-state index is 0.00564. The lowest BCUT2D eigenvalue weighted by Gasteiger charge is -2.33. The van der Waals surface area contributed by atoms with Crippen LogP contribution in [0.3, 0.4) is 0 Å². The Kier molecular flexibility index (Phi) is 3.83. The summed E-state index contributed by atoms with van der Waals surface area (Å²) in [5.74, 6) is 0.880. The van der Waals surface area contributed by atoms with Gasteiger partial charge in [-0.1, -0.05) is 0 Å². The van der Waals surface area contributed by atoms with Crippen LogP contribution in [-0.4, -0.2) is 39.1 Å². The predicted molar refractivity (Wildman–Crippen MR) is 79.6 cm³/mol. The fourth-order valence-corrected chi connectivity index (χ4v) is 2.13. The Morgan fingerprint density at radius 3 is 2.68 bits per heavy atom. The second kappa shape index (κ2) is 5.10. The molecule has 0 fully saturated rings. The van der Waals surface area contributed by atoms with Crippen LogP contribution in [0.2, 0.25) is 0 Å². The SMILES string of the molecule is CC(Cl)c1nc2cccnc2n1CC(C)(C)N(C)C. The van der Waals surface area contributed by atoms with Gasteiger partial charge in [-0.15, -0.1) is 11.6 Å². The number of alkyl halides is 1. The number of hydrogen-bond acceptors (Lipinski definition) is 3. The number of fused-ring (bicyclic) bond motifs is 1. The average molecular weight is 281 g/mol. The van der Waals surface area contributed by atoms with E-state index in [1.165, 1.54) is 0 Å². The zero-order valence-electron chi connectivity index (χ0n) is 12.2. The molecule has 2 heterocycles. The monoisotopic (exact) mass is 280 g/mol. The molecular weight excluding hydrogens is 260 g/mol. The number of likely N-dealkylation sites (N-methyl/N-ethyl adjacent to an activating group) is 1. The Hall–Kier alpha value is -1.13. The third-order valence-corrected chi connectivity index (χ3v) is 3.84. The summed E-state index contributed by atoms with van der Waals surface area (Å²) in [6, 6.07) is 3.88. The molecule has 4 nitrogen and oxygen atoms in total. The van der Waals surface area contributed by atoms with Gasteiger partial charge in [0.05, 0.1) is 5.38 Å². The maximum Gasteiger partial charge on any atom is 0.160 e. The summed E-state index contributed by atoms with van der Waals surface area (Å²) in [6.07, 6.45) is 1.80. The number of pyridine rings is 1. The Morgan fingerprint density at radius 2 is 2.11 bits per heavy atom. The van der Waals surface area contributed by atoms with Crippen molar-refractivity contribution < 1.29 is 0 Å². The molecule has 104 valence electrons. The van der Waals surface area contributed by atoms with Crippen molar-refractivity contribution in [2.45, 2.75) is 38.2 Å².